The Balaban J connectivity index is 1.12. The number of benzene rings is 6. The fourth-order valence-electron chi connectivity index (χ4n) is 8.58. The number of hydrogen-bond donors (Lipinski definition) is 1. The molecule has 0 radical (unpaired) electrons. The number of rotatable bonds is 23. The third-order valence-corrected chi connectivity index (χ3v) is 12.1. The van der Waals surface area contributed by atoms with Crippen LogP contribution in [-0.2, 0) is 85.2 Å². The number of amides is 1. The first-order valence-corrected chi connectivity index (χ1v) is 23.6. The lowest BCUT2D eigenvalue weighted by Crippen LogP contribution is -2.67. The standard InChI is InChI=1S/C57H61NO12/c1-40(59)58-49-52(64-35-43-25-13-5-14-26-43)50(62-33-41-21-9-3-10-22-41)47(38-67-55(60)46-31-19-8-20-32-46)69-56(49)68-39-48-51(63-34-42-23-11-4-12-24-42)53(65-36-44-27-15-6-16-28-44)54(57(61-2)70-48)66-37-45-29-17-7-18-30-45/h3-32,47-54,56-57H,33-39H2,1-2H3,(H,58,59)/t47-,48-,49+,50-,51-,52-,53+,54-,56+,57-/m1/s1. The van der Waals surface area contributed by atoms with Gasteiger partial charge in [0.2, 0.25) is 5.91 Å². The molecule has 6 aromatic carbocycles. The van der Waals surface area contributed by atoms with Crippen molar-refractivity contribution in [3.8, 4) is 0 Å². The summed E-state index contributed by atoms with van der Waals surface area (Å²) in [7, 11) is 1.56. The van der Waals surface area contributed by atoms with Gasteiger partial charge in [-0.25, -0.2) is 4.79 Å². The van der Waals surface area contributed by atoms with E-state index in [1.165, 1.54) is 6.92 Å². The summed E-state index contributed by atoms with van der Waals surface area (Å²) in [5.41, 5.74) is 5.03. The minimum absolute atomic E-state index is 0.131. The van der Waals surface area contributed by atoms with E-state index in [9.17, 15) is 9.59 Å². The number of nitrogens with one attached hydrogen (secondary N) is 1. The molecule has 2 fully saturated rings. The van der Waals surface area contributed by atoms with E-state index >= 15 is 0 Å². The van der Waals surface area contributed by atoms with Crippen molar-refractivity contribution >= 4 is 11.9 Å². The average Bonchev–Trinajstić information content (AvgIpc) is 3.41. The van der Waals surface area contributed by atoms with E-state index in [0.29, 0.717) is 5.56 Å². The van der Waals surface area contributed by atoms with E-state index in [1.807, 2.05) is 158 Å². The Hall–Kier alpha value is -6.10. The van der Waals surface area contributed by atoms with Gasteiger partial charge in [0.15, 0.2) is 12.6 Å². The van der Waals surface area contributed by atoms with Gasteiger partial charge in [0.1, 0.15) is 55.4 Å². The van der Waals surface area contributed by atoms with Crippen molar-refractivity contribution in [2.24, 2.45) is 0 Å². The average molecular weight is 952 g/mol. The molecule has 2 heterocycles. The molecule has 1 N–H and O–H groups in total. The summed E-state index contributed by atoms with van der Waals surface area (Å²) >= 11 is 0. The molecule has 2 saturated heterocycles. The van der Waals surface area contributed by atoms with E-state index in [2.05, 4.69) is 5.32 Å². The van der Waals surface area contributed by atoms with Gasteiger partial charge in [0.05, 0.1) is 45.2 Å². The number of carbonyl (C=O) groups excluding carboxylic acids is 2. The van der Waals surface area contributed by atoms with Crippen molar-refractivity contribution in [1.82, 2.24) is 5.32 Å². The Bertz CT molecular complexity index is 2440. The largest absolute Gasteiger partial charge is 0.459 e. The zero-order valence-corrected chi connectivity index (χ0v) is 39.4. The van der Waals surface area contributed by atoms with Gasteiger partial charge in [-0.05, 0) is 39.9 Å². The maximum atomic E-state index is 13.5. The van der Waals surface area contributed by atoms with E-state index in [-0.39, 0.29) is 52.2 Å². The lowest BCUT2D eigenvalue weighted by Gasteiger charge is -2.48. The second-order valence-corrected chi connectivity index (χ2v) is 17.2. The molecule has 6 aromatic rings. The van der Waals surface area contributed by atoms with Crippen molar-refractivity contribution in [2.75, 3.05) is 20.3 Å². The SMILES string of the molecule is CO[C@@H]1O[C@H](CO[C@H]2O[C@H](COC(=O)c3ccccc3)[C@@H](OCc3ccccc3)[C@H](OCc3ccccc3)[C@@H]2NC(C)=O)[C@@H](OCc2ccccc2)[C@H](OCc2ccccc2)[C@H]1OCc1ccccc1. The van der Waals surface area contributed by atoms with Crippen LogP contribution in [0.2, 0.25) is 0 Å². The van der Waals surface area contributed by atoms with Gasteiger partial charge in [0.25, 0.3) is 0 Å². The Labute approximate surface area is 409 Å². The summed E-state index contributed by atoms with van der Waals surface area (Å²) in [6.07, 6.45) is -7.89. The van der Waals surface area contributed by atoms with Crippen molar-refractivity contribution < 1.29 is 57.0 Å². The molecule has 8 rings (SSSR count). The molecule has 0 aromatic heterocycles. The molecular weight excluding hydrogens is 891 g/mol. The van der Waals surface area contributed by atoms with Gasteiger partial charge >= 0.3 is 5.97 Å². The number of ether oxygens (including phenoxy) is 10. The van der Waals surface area contributed by atoms with Crippen LogP contribution < -0.4 is 5.32 Å². The smallest absolute Gasteiger partial charge is 0.338 e. The van der Waals surface area contributed by atoms with E-state index in [1.54, 1.807) is 31.4 Å². The van der Waals surface area contributed by atoms with Crippen LogP contribution in [0.5, 0.6) is 0 Å². The zero-order chi connectivity index (χ0) is 48.3. The van der Waals surface area contributed by atoms with Crippen LogP contribution in [0.4, 0.5) is 0 Å². The lowest BCUT2D eigenvalue weighted by molar-refractivity contribution is -0.336. The Morgan fingerprint density at radius 2 is 0.786 bits per heavy atom. The molecule has 13 heteroatoms. The van der Waals surface area contributed by atoms with Crippen LogP contribution in [0.3, 0.4) is 0 Å². The maximum Gasteiger partial charge on any atom is 0.338 e. The second kappa shape index (κ2) is 26.2. The van der Waals surface area contributed by atoms with Gasteiger partial charge in [-0.1, -0.05) is 170 Å². The van der Waals surface area contributed by atoms with Crippen LogP contribution in [0.15, 0.2) is 182 Å². The quantitative estimate of drug-likeness (QED) is 0.0618. The fourth-order valence-corrected chi connectivity index (χ4v) is 8.58. The predicted molar refractivity (Wildman–Crippen MR) is 260 cm³/mol. The molecule has 10 atom stereocenters. The van der Waals surface area contributed by atoms with Crippen LogP contribution in [0.25, 0.3) is 0 Å². The number of carbonyl (C=O) groups is 2. The third kappa shape index (κ3) is 14.3. The molecule has 0 aliphatic carbocycles. The Morgan fingerprint density at radius 3 is 1.21 bits per heavy atom. The van der Waals surface area contributed by atoms with Crippen LogP contribution in [0, 0.1) is 0 Å². The predicted octanol–water partition coefficient (Wildman–Crippen LogP) is 8.39. The zero-order valence-electron chi connectivity index (χ0n) is 39.4. The monoisotopic (exact) mass is 951 g/mol. The molecule has 1 amide bonds. The highest BCUT2D eigenvalue weighted by Gasteiger charge is 2.52. The summed E-state index contributed by atoms with van der Waals surface area (Å²) in [5.74, 6) is -0.893. The van der Waals surface area contributed by atoms with Crippen molar-refractivity contribution in [3.05, 3.63) is 215 Å². The lowest BCUT2D eigenvalue weighted by atomic mass is 9.95. The normalized spacial score (nSPS) is 24.4. The van der Waals surface area contributed by atoms with Gasteiger partial charge in [-0.2, -0.15) is 0 Å². The number of methoxy groups -OCH3 is 1. The highest BCUT2D eigenvalue weighted by atomic mass is 16.7. The summed E-state index contributed by atoms with van der Waals surface area (Å²) in [4.78, 5) is 26.7. The molecule has 0 spiro atoms. The second-order valence-electron chi connectivity index (χ2n) is 17.2. The maximum absolute atomic E-state index is 13.5. The summed E-state index contributed by atoms with van der Waals surface area (Å²) < 4.78 is 66.2. The Morgan fingerprint density at radius 1 is 0.429 bits per heavy atom. The van der Waals surface area contributed by atoms with Gasteiger partial charge < -0.3 is 52.7 Å². The first kappa shape index (κ1) is 50.3. The van der Waals surface area contributed by atoms with E-state index in [0.717, 1.165) is 27.8 Å². The van der Waals surface area contributed by atoms with E-state index < -0.39 is 67.3 Å². The van der Waals surface area contributed by atoms with Gasteiger partial charge in [0, 0.05) is 14.0 Å². The Kier molecular flexibility index (Phi) is 18.8. The number of esters is 1. The highest BCUT2D eigenvalue weighted by Crippen LogP contribution is 2.34. The molecule has 366 valence electrons. The van der Waals surface area contributed by atoms with Crippen LogP contribution in [0.1, 0.15) is 45.1 Å². The van der Waals surface area contributed by atoms with Crippen molar-refractivity contribution in [3.63, 3.8) is 0 Å². The molecule has 0 unspecified atom stereocenters. The summed E-state index contributed by atoms with van der Waals surface area (Å²) in [5, 5.41) is 3.07. The van der Waals surface area contributed by atoms with E-state index in [4.69, 9.17) is 47.4 Å². The van der Waals surface area contributed by atoms with Gasteiger partial charge in [-0.15, -0.1) is 0 Å². The number of hydrogen-bond acceptors (Lipinski definition) is 12. The van der Waals surface area contributed by atoms with Crippen LogP contribution in [-0.4, -0.2) is 93.5 Å². The molecule has 13 nitrogen and oxygen atoms in total. The molecular formula is C57H61NO12. The highest BCUT2D eigenvalue weighted by molar-refractivity contribution is 5.89. The first-order chi connectivity index (χ1) is 34.4. The first-order valence-electron chi connectivity index (χ1n) is 23.6. The van der Waals surface area contributed by atoms with Crippen molar-refractivity contribution in [1.29, 1.82) is 0 Å². The van der Waals surface area contributed by atoms with Crippen LogP contribution >= 0.6 is 0 Å². The molecule has 2 aliphatic rings. The molecule has 0 bridgehead atoms. The third-order valence-electron chi connectivity index (χ3n) is 12.1. The van der Waals surface area contributed by atoms with Gasteiger partial charge in [-0.3, -0.25) is 4.79 Å². The fraction of sp³-hybridized carbons (Fsp3) is 0.333. The summed E-state index contributed by atoms with van der Waals surface area (Å²) in [6.45, 7) is 2.13. The topological polar surface area (TPSA) is 138 Å². The summed E-state index contributed by atoms with van der Waals surface area (Å²) in [6, 6.07) is 56.7. The minimum atomic E-state index is -1.18. The molecule has 70 heavy (non-hydrogen) atoms. The van der Waals surface area contributed by atoms with Crippen molar-refractivity contribution in [2.45, 2.75) is 101 Å². The molecule has 2 aliphatic heterocycles. The molecule has 0 saturated carbocycles. The minimum Gasteiger partial charge on any atom is -0.459 e.